The third kappa shape index (κ3) is 5.52. The summed E-state index contributed by atoms with van der Waals surface area (Å²) in [7, 11) is 0. The van der Waals surface area contributed by atoms with E-state index in [9.17, 15) is 9.59 Å². The highest BCUT2D eigenvalue weighted by atomic mass is 32.1. The van der Waals surface area contributed by atoms with Crippen molar-refractivity contribution in [2.75, 3.05) is 10.6 Å². The number of aryl methyl sites for hydroxylation is 3. The fourth-order valence-electron chi connectivity index (χ4n) is 3.11. The molecule has 3 aromatic rings. The van der Waals surface area contributed by atoms with Gasteiger partial charge in [-0.2, -0.15) is 0 Å². The highest BCUT2D eigenvalue weighted by Gasteiger charge is 2.11. The number of hydrogen-bond acceptors (Lipinski definition) is 3. The molecule has 0 spiro atoms. The van der Waals surface area contributed by atoms with Crippen molar-refractivity contribution in [2.45, 2.75) is 20.8 Å². The van der Waals surface area contributed by atoms with E-state index in [1.165, 1.54) is 0 Å². The topological polar surface area (TPSA) is 70.2 Å². The second-order valence-corrected chi connectivity index (χ2v) is 7.54. The minimum absolute atomic E-state index is 0.171. The summed E-state index contributed by atoms with van der Waals surface area (Å²) >= 11 is 5.28. The molecule has 0 bridgehead atoms. The molecule has 0 aliphatic heterocycles. The zero-order chi connectivity index (χ0) is 21.7. The number of carbonyl (C=O) groups is 2. The van der Waals surface area contributed by atoms with Gasteiger partial charge in [0, 0.05) is 22.5 Å². The standard InChI is InChI=1S/C24H23N3O2S/c1-15-11-16(2)13-19(12-15)23(29)27-24(30)25-20-9-10-21(17(3)14-20)26-22(28)18-7-5-4-6-8-18/h4-14H,1-3H3,(H,26,28)(H2,25,27,29,30). The zero-order valence-electron chi connectivity index (χ0n) is 17.1. The third-order valence-electron chi connectivity index (χ3n) is 4.48. The van der Waals surface area contributed by atoms with E-state index in [-0.39, 0.29) is 16.9 Å². The number of thiocarbonyl (C=S) groups is 1. The number of rotatable bonds is 4. The molecule has 0 aliphatic carbocycles. The minimum Gasteiger partial charge on any atom is -0.332 e. The van der Waals surface area contributed by atoms with Crippen LogP contribution in [0.1, 0.15) is 37.4 Å². The Bertz CT molecular complexity index is 1090. The van der Waals surface area contributed by atoms with Gasteiger partial charge in [-0.05, 0) is 81.0 Å². The maximum Gasteiger partial charge on any atom is 0.257 e. The second-order valence-electron chi connectivity index (χ2n) is 7.13. The Morgan fingerprint density at radius 2 is 1.40 bits per heavy atom. The van der Waals surface area contributed by atoms with Crippen LogP contribution in [0.15, 0.2) is 66.7 Å². The summed E-state index contributed by atoms with van der Waals surface area (Å²) in [5.74, 6) is -0.432. The molecule has 0 saturated carbocycles. The van der Waals surface area contributed by atoms with Crippen LogP contribution in [0.3, 0.4) is 0 Å². The lowest BCUT2D eigenvalue weighted by atomic mass is 10.1. The van der Waals surface area contributed by atoms with E-state index >= 15 is 0 Å². The Hall–Kier alpha value is -3.51. The summed E-state index contributed by atoms with van der Waals surface area (Å²) in [5.41, 5.74) is 5.48. The molecule has 6 heteroatoms. The Kier molecular flexibility index (Phi) is 6.59. The van der Waals surface area contributed by atoms with Crippen molar-refractivity contribution in [2.24, 2.45) is 0 Å². The fourth-order valence-corrected chi connectivity index (χ4v) is 3.32. The van der Waals surface area contributed by atoms with Crippen LogP contribution < -0.4 is 16.0 Å². The molecule has 3 aromatic carbocycles. The van der Waals surface area contributed by atoms with Gasteiger partial charge in [-0.1, -0.05) is 35.4 Å². The van der Waals surface area contributed by atoms with Crippen LogP contribution in [-0.4, -0.2) is 16.9 Å². The molecule has 0 aromatic heterocycles. The Balaban J connectivity index is 1.63. The average Bonchev–Trinajstić information content (AvgIpc) is 2.69. The molecule has 0 saturated heterocycles. The summed E-state index contributed by atoms with van der Waals surface area (Å²) in [6.07, 6.45) is 0. The van der Waals surface area contributed by atoms with Gasteiger partial charge in [0.1, 0.15) is 0 Å². The van der Waals surface area contributed by atoms with Crippen LogP contribution in [0.2, 0.25) is 0 Å². The van der Waals surface area contributed by atoms with Gasteiger partial charge >= 0.3 is 0 Å². The quantitative estimate of drug-likeness (QED) is 0.523. The predicted molar refractivity (Wildman–Crippen MR) is 125 cm³/mol. The first-order valence-electron chi connectivity index (χ1n) is 9.49. The molecule has 2 amide bonds. The molecular formula is C24H23N3O2S. The van der Waals surface area contributed by atoms with Gasteiger partial charge in [0.15, 0.2) is 5.11 Å². The maximum atomic E-state index is 12.4. The third-order valence-corrected chi connectivity index (χ3v) is 4.68. The van der Waals surface area contributed by atoms with E-state index in [0.717, 1.165) is 22.4 Å². The number of nitrogens with one attached hydrogen (secondary N) is 3. The van der Waals surface area contributed by atoms with Gasteiger partial charge in [-0.25, -0.2) is 0 Å². The summed E-state index contributed by atoms with van der Waals surface area (Å²) in [5, 5.41) is 8.82. The maximum absolute atomic E-state index is 12.4. The lowest BCUT2D eigenvalue weighted by molar-refractivity contribution is 0.0976. The van der Waals surface area contributed by atoms with Crippen molar-refractivity contribution >= 4 is 40.5 Å². The van der Waals surface area contributed by atoms with Crippen LogP contribution in [-0.2, 0) is 0 Å². The highest BCUT2D eigenvalue weighted by molar-refractivity contribution is 7.80. The molecule has 0 radical (unpaired) electrons. The van der Waals surface area contributed by atoms with Crippen molar-refractivity contribution in [3.05, 3.63) is 94.5 Å². The molecule has 30 heavy (non-hydrogen) atoms. The van der Waals surface area contributed by atoms with Crippen molar-refractivity contribution in [3.63, 3.8) is 0 Å². The SMILES string of the molecule is Cc1cc(C)cc(C(=O)NC(=S)Nc2ccc(NC(=O)c3ccccc3)c(C)c2)c1. The number of hydrogen-bond donors (Lipinski definition) is 3. The summed E-state index contributed by atoms with van der Waals surface area (Å²) in [6.45, 7) is 5.78. The van der Waals surface area contributed by atoms with E-state index in [2.05, 4.69) is 16.0 Å². The predicted octanol–water partition coefficient (Wildman–Crippen LogP) is 4.99. The van der Waals surface area contributed by atoms with E-state index in [1.54, 1.807) is 24.3 Å². The molecule has 3 N–H and O–H groups in total. The minimum atomic E-state index is -0.261. The van der Waals surface area contributed by atoms with E-state index < -0.39 is 0 Å². The number of benzene rings is 3. The van der Waals surface area contributed by atoms with Gasteiger partial charge in [0.05, 0.1) is 0 Å². The van der Waals surface area contributed by atoms with Crippen molar-refractivity contribution in [1.82, 2.24) is 5.32 Å². The van der Waals surface area contributed by atoms with E-state index in [0.29, 0.717) is 16.8 Å². The fraction of sp³-hybridized carbons (Fsp3) is 0.125. The van der Waals surface area contributed by atoms with Crippen LogP contribution >= 0.6 is 12.2 Å². The molecule has 0 unspecified atom stereocenters. The Morgan fingerprint density at radius 3 is 2.03 bits per heavy atom. The Morgan fingerprint density at radius 1 is 0.733 bits per heavy atom. The normalized spacial score (nSPS) is 10.2. The molecule has 0 atom stereocenters. The lowest BCUT2D eigenvalue weighted by Crippen LogP contribution is -2.34. The molecule has 0 aliphatic rings. The summed E-state index contributed by atoms with van der Waals surface area (Å²) in [6, 6.07) is 20.1. The first-order chi connectivity index (χ1) is 14.3. The molecule has 0 fully saturated rings. The molecule has 0 heterocycles. The van der Waals surface area contributed by atoms with E-state index in [1.807, 2.05) is 63.2 Å². The molecular weight excluding hydrogens is 394 g/mol. The smallest absolute Gasteiger partial charge is 0.257 e. The Labute approximate surface area is 181 Å². The van der Waals surface area contributed by atoms with Crippen LogP contribution in [0, 0.1) is 20.8 Å². The number of anilines is 2. The van der Waals surface area contributed by atoms with Gasteiger partial charge in [-0.15, -0.1) is 0 Å². The van der Waals surface area contributed by atoms with Gasteiger partial charge < -0.3 is 10.6 Å². The number of amides is 2. The number of carbonyl (C=O) groups excluding carboxylic acids is 2. The summed E-state index contributed by atoms with van der Waals surface area (Å²) < 4.78 is 0. The molecule has 3 rings (SSSR count). The largest absolute Gasteiger partial charge is 0.332 e. The van der Waals surface area contributed by atoms with Crippen LogP contribution in [0.25, 0.3) is 0 Å². The second kappa shape index (κ2) is 9.33. The monoisotopic (exact) mass is 417 g/mol. The zero-order valence-corrected chi connectivity index (χ0v) is 17.9. The molecule has 5 nitrogen and oxygen atoms in total. The van der Waals surface area contributed by atoms with Crippen molar-refractivity contribution < 1.29 is 9.59 Å². The first kappa shape index (κ1) is 21.2. The first-order valence-corrected chi connectivity index (χ1v) is 9.90. The van der Waals surface area contributed by atoms with Crippen LogP contribution in [0.4, 0.5) is 11.4 Å². The van der Waals surface area contributed by atoms with Crippen LogP contribution in [0.5, 0.6) is 0 Å². The summed E-state index contributed by atoms with van der Waals surface area (Å²) in [4.78, 5) is 24.8. The molecule has 152 valence electrons. The van der Waals surface area contributed by atoms with Gasteiger partial charge in [0.2, 0.25) is 0 Å². The van der Waals surface area contributed by atoms with E-state index in [4.69, 9.17) is 12.2 Å². The van der Waals surface area contributed by atoms with Crippen molar-refractivity contribution in [3.8, 4) is 0 Å². The lowest BCUT2D eigenvalue weighted by Gasteiger charge is -2.13. The van der Waals surface area contributed by atoms with Gasteiger partial charge in [0.25, 0.3) is 11.8 Å². The van der Waals surface area contributed by atoms with Gasteiger partial charge in [-0.3, -0.25) is 14.9 Å². The van der Waals surface area contributed by atoms with Crippen molar-refractivity contribution in [1.29, 1.82) is 0 Å². The highest BCUT2D eigenvalue weighted by Crippen LogP contribution is 2.20. The average molecular weight is 418 g/mol.